The van der Waals surface area contributed by atoms with Crippen LogP contribution in [0.2, 0.25) is 0 Å². The minimum Gasteiger partial charge on any atom is -0.402 e. The number of benzene rings is 3. The van der Waals surface area contributed by atoms with Crippen LogP contribution in [-0.4, -0.2) is 25.4 Å². The van der Waals surface area contributed by atoms with Crippen molar-refractivity contribution in [3.63, 3.8) is 0 Å². The van der Waals surface area contributed by atoms with Gasteiger partial charge in [0.1, 0.15) is 17.7 Å². The van der Waals surface area contributed by atoms with E-state index in [1.165, 1.54) is 19.1 Å². The summed E-state index contributed by atoms with van der Waals surface area (Å²) in [5, 5.41) is 29.1. The summed E-state index contributed by atoms with van der Waals surface area (Å²) in [5.41, 5.74) is -3.57. The zero-order valence-corrected chi connectivity index (χ0v) is 23.5. The van der Waals surface area contributed by atoms with Crippen molar-refractivity contribution in [1.29, 1.82) is 15.8 Å². The zero-order chi connectivity index (χ0) is 36.4. The van der Waals surface area contributed by atoms with Gasteiger partial charge < -0.3 is 18.9 Å². The van der Waals surface area contributed by atoms with Gasteiger partial charge in [-0.2, -0.15) is 15.8 Å². The van der Waals surface area contributed by atoms with Crippen LogP contribution in [0.3, 0.4) is 0 Å². The Kier molecular flexibility index (Phi) is 7.91. The fraction of sp³-hybridized carbons (Fsp3) is 0.167. The second-order valence-corrected chi connectivity index (χ2v) is 9.91. The topological polar surface area (TPSA) is 108 Å². The summed E-state index contributed by atoms with van der Waals surface area (Å²) in [6.45, 7) is 1.19. The summed E-state index contributed by atoms with van der Waals surface area (Å²) in [6.07, 6.45) is -22.2. The number of nitriles is 3. The SMILES string of the molecule is C/C(C#N)=C1\c2cc(OC(F)(F)F)c(OC(F)(F)F)cc2-c2cc3c(cc21)C(=C(C#N)C#N)c1cc(OC(F)(F)F)c(OC(F)(F)F)cc1-3. The van der Waals surface area contributed by atoms with Gasteiger partial charge in [-0.25, -0.2) is 0 Å². The van der Waals surface area contributed by atoms with E-state index in [-0.39, 0.29) is 50.1 Å². The summed E-state index contributed by atoms with van der Waals surface area (Å²) < 4.78 is 174. The Morgan fingerprint density at radius 1 is 0.429 bits per heavy atom. The highest BCUT2D eigenvalue weighted by Gasteiger charge is 2.42. The van der Waals surface area contributed by atoms with Crippen molar-refractivity contribution < 1.29 is 71.6 Å². The molecule has 0 saturated carbocycles. The van der Waals surface area contributed by atoms with Crippen LogP contribution in [0.25, 0.3) is 33.4 Å². The van der Waals surface area contributed by atoms with Crippen molar-refractivity contribution in [2.45, 2.75) is 32.4 Å². The lowest BCUT2D eigenvalue weighted by molar-refractivity contribution is -0.287. The maximum absolute atomic E-state index is 13.2. The predicted molar refractivity (Wildman–Crippen MR) is 139 cm³/mol. The Morgan fingerprint density at radius 3 is 1.02 bits per heavy atom. The molecular formula is C30H9F12N3O4. The first-order valence-electron chi connectivity index (χ1n) is 12.8. The smallest absolute Gasteiger partial charge is 0.402 e. The quantitative estimate of drug-likeness (QED) is 0.136. The molecule has 0 heterocycles. The van der Waals surface area contributed by atoms with Crippen LogP contribution in [-0.2, 0) is 0 Å². The molecular weight excluding hydrogens is 694 g/mol. The molecule has 252 valence electrons. The minimum absolute atomic E-state index is 0.0889. The molecule has 19 heteroatoms. The van der Waals surface area contributed by atoms with Gasteiger partial charge in [-0.15, -0.1) is 52.7 Å². The Hall–Kier alpha value is -6.03. The first-order valence-corrected chi connectivity index (χ1v) is 12.8. The van der Waals surface area contributed by atoms with Gasteiger partial charge in [0.25, 0.3) is 0 Å². The molecule has 0 radical (unpaired) electrons. The maximum Gasteiger partial charge on any atom is 0.573 e. The molecule has 0 aliphatic heterocycles. The fourth-order valence-corrected chi connectivity index (χ4v) is 5.41. The van der Waals surface area contributed by atoms with Gasteiger partial charge in [-0.1, -0.05) is 0 Å². The van der Waals surface area contributed by atoms with Gasteiger partial charge in [-0.05, 0) is 87.8 Å². The van der Waals surface area contributed by atoms with Crippen molar-refractivity contribution >= 4 is 11.1 Å². The molecule has 2 aliphatic rings. The molecule has 0 bridgehead atoms. The number of rotatable bonds is 4. The highest BCUT2D eigenvalue weighted by Crippen LogP contribution is 2.57. The molecule has 2 aliphatic carbocycles. The van der Waals surface area contributed by atoms with E-state index in [4.69, 9.17) is 0 Å². The highest BCUT2D eigenvalue weighted by molar-refractivity contribution is 6.11. The summed E-state index contributed by atoms with van der Waals surface area (Å²) >= 11 is 0. The minimum atomic E-state index is -5.56. The normalized spacial score (nSPS) is 14.4. The van der Waals surface area contributed by atoms with Crippen LogP contribution < -0.4 is 18.9 Å². The molecule has 0 atom stereocenters. The van der Waals surface area contributed by atoms with E-state index in [0.717, 1.165) is 12.1 Å². The van der Waals surface area contributed by atoms with Crippen LogP contribution in [0.15, 0.2) is 47.5 Å². The third-order valence-corrected chi connectivity index (χ3v) is 6.90. The van der Waals surface area contributed by atoms with Crippen LogP contribution >= 0.6 is 0 Å². The number of alkyl halides is 12. The molecule has 0 amide bonds. The first-order chi connectivity index (χ1) is 22.5. The van der Waals surface area contributed by atoms with E-state index in [2.05, 4.69) is 18.9 Å². The Bertz CT molecular complexity index is 2110. The average Bonchev–Trinajstić information content (AvgIpc) is 3.40. The van der Waals surface area contributed by atoms with Gasteiger partial charge in [0.2, 0.25) is 0 Å². The Labute approximate surface area is 264 Å². The van der Waals surface area contributed by atoms with E-state index in [1.54, 1.807) is 6.07 Å². The number of allylic oxidation sites excluding steroid dienone is 2. The number of halogens is 12. The molecule has 0 N–H and O–H groups in total. The zero-order valence-electron chi connectivity index (χ0n) is 23.5. The van der Waals surface area contributed by atoms with Gasteiger partial charge >= 0.3 is 25.4 Å². The molecule has 5 rings (SSSR count). The predicted octanol–water partition coefficient (Wildman–Crippen LogP) is 9.44. The Balaban J connectivity index is 1.88. The molecule has 3 aromatic rings. The number of hydrogen-bond donors (Lipinski definition) is 0. The van der Waals surface area contributed by atoms with Crippen molar-refractivity contribution in [2.24, 2.45) is 0 Å². The number of fused-ring (bicyclic) bond motifs is 6. The number of nitrogens with zero attached hydrogens (tertiary/aromatic N) is 3. The first kappa shape index (κ1) is 34.3. The van der Waals surface area contributed by atoms with E-state index in [0.29, 0.717) is 24.3 Å². The second-order valence-electron chi connectivity index (χ2n) is 9.91. The number of hydrogen-bond acceptors (Lipinski definition) is 7. The van der Waals surface area contributed by atoms with E-state index < -0.39 is 65.2 Å². The molecule has 0 saturated heterocycles. The molecule has 0 unspecified atom stereocenters. The van der Waals surface area contributed by atoms with Crippen LogP contribution in [0, 0.1) is 34.0 Å². The Morgan fingerprint density at radius 2 is 0.694 bits per heavy atom. The fourth-order valence-electron chi connectivity index (χ4n) is 5.41. The van der Waals surface area contributed by atoms with E-state index in [1.807, 2.05) is 0 Å². The third kappa shape index (κ3) is 6.71. The standard InChI is InChI=1S/C30H9F12N3O4/c1-11(8-43)25-17-3-18-14(2-13(17)15-4-21(46-27(31,32)33)23(6-19(15)25)48-29(37,38)39)16-5-22(47-28(34,35)36)24(49-30(40,41)42)7-20(16)26(18)12(9-44)10-45/h2-7H,1H3/b25-11+. The monoisotopic (exact) mass is 703 g/mol. The van der Waals surface area contributed by atoms with Crippen LogP contribution in [0.5, 0.6) is 23.0 Å². The lowest BCUT2D eigenvalue weighted by atomic mass is 9.93. The van der Waals surface area contributed by atoms with Crippen molar-refractivity contribution in [2.75, 3.05) is 0 Å². The van der Waals surface area contributed by atoms with Crippen LogP contribution in [0.1, 0.15) is 29.2 Å². The van der Waals surface area contributed by atoms with Gasteiger partial charge in [0.15, 0.2) is 23.0 Å². The highest BCUT2D eigenvalue weighted by atomic mass is 19.4. The second kappa shape index (κ2) is 11.3. The largest absolute Gasteiger partial charge is 0.573 e. The lowest BCUT2D eigenvalue weighted by Crippen LogP contribution is -2.21. The molecule has 3 aromatic carbocycles. The van der Waals surface area contributed by atoms with Crippen molar-refractivity contribution in [3.8, 4) is 63.5 Å². The summed E-state index contributed by atoms with van der Waals surface area (Å²) in [6, 6.07) is 8.91. The van der Waals surface area contributed by atoms with Crippen LogP contribution in [0.4, 0.5) is 52.7 Å². The summed E-state index contributed by atoms with van der Waals surface area (Å²) in [4.78, 5) is 0. The molecule has 0 spiro atoms. The van der Waals surface area contributed by atoms with Gasteiger partial charge in [0, 0.05) is 16.7 Å². The van der Waals surface area contributed by atoms with Crippen molar-refractivity contribution in [1.82, 2.24) is 0 Å². The molecule has 49 heavy (non-hydrogen) atoms. The van der Waals surface area contributed by atoms with Gasteiger partial charge in [-0.3, -0.25) is 0 Å². The van der Waals surface area contributed by atoms with Crippen molar-refractivity contribution in [3.05, 3.63) is 69.8 Å². The molecule has 7 nitrogen and oxygen atoms in total. The maximum atomic E-state index is 13.2. The van der Waals surface area contributed by atoms with Gasteiger partial charge in [0.05, 0.1) is 6.07 Å². The van der Waals surface area contributed by atoms with E-state index >= 15 is 0 Å². The lowest BCUT2D eigenvalue weighted by Gasteiger charge is -2.17. The summed E-state index contributed by atoms with van der Waals surface area (Å²) in [7, 11) is 0. The summed E-state index contributed by atoms with van der Waals surface area (Å²) in [5.74, 6) is -5.96. The number of ether oxygens (including phenoxy) is 4. The molecule has 0 aromatic heterocycles. The third-order valence-electron chi connectivity index (χ3n) is 6.90. The molecule has 0 fully saturated rings. The average molecular weight is 703 g/mol. The van der Waals surface area contributed by atoms with E-state index in [9.17, 15) is 68.5 Å².